The van der Waals surface area contributed by atoms with Gasteiger partial charge in [-0.1, -0.05) is 0 Å². The maximum atomic E-state index is 11.3. The van der Waals surface area contributed by atoms with Crippen LogP contribution in [0, 0.1) is 0 Å². The molecule has 0 aliphatic carbocycles. The van der Waals surface area contributed by atoms with Gasteiger partial charge in [-0.3, -0.25) is 0 Å². The summed E-state index contributed by atoms with van der Waals surface area (Å²) in [5.74, 6) is -0.442. The fourth-order valence-corrected chi connectivity index (χ4v) is 3.00. The van der Waals surface area contributed by atoms with E-state index in [0.29, 0.717) is 0 Å². The Balaban J connectivity index is 3.89. The van der Waals surface area contributed by atoms with Crippen LogP contribution in [0.4, 0.5) is 0 Å². The molecule has 0 rings (SSSR count). The molecule has 0 bridgehead atoms. The first-order chi connectivity index (χ1) is 7.66. The number of hydrogen-bond acceptors (Lipinski definition) is 6. The Morgan fingerprint density at radius 2 is 1.76 bits per heavy atom. The van der Waals surface area contributed by atoms with Crippen LogP contribution in [0.3, 0.4) is 0 Å². The van der Waals surface area contributed by atoms with Crippen LogP contribution in [0.5, 0.6) is 0 Å². The second-order valence-electron chi connectivity index (χ2n) is 3.82. The van der Waals surface area contributed by atoms with Crippen LogP contribution < -0.4 is 4.72 Å². The van der Waals surface area contributed by atoms with Crippen molar-refractivity contribution in [3.63, 3.8) is 0 Å². The first-order valence-electron chi connectivity index (χ1n) is 5.10. The Morgan fingerprint density at radius 1 is 1.18 bits per heavy atom. The zero-order chi connectivity index (χ0) is 13.5. The van der Waals surface area contributed by atoms with Gasteiger partial charge in [0.1, 0.15) is 9.84 Å². The molecule has 7 nitrogen and oxygen atoms in total. The number of hydrogen-bond donors (Lipinski definition) is 3. The van der Waals surface area contributed by atoms with Gasteiger partial charge in [0, 0.05) is 12.8 Å². The fraction of sp³-hybridized carbons (Fsp3) is 1.00. The van der Waals surface area contributed by atoms with Crippen LogP contribution in [0.25, 0.3) is 0 Å². The van der Waals surface area contributed by atoms with Crippen LogP contribution >= 0.6 is 0 Å². The van der Waals surface area contributed by atoms with Gasteiger partial charge in [-0.05, 0) is 12.8 Å². The van der Waals surface area contributed by atoms with E-state index in [-0.39, 0.29) is 30.9 Å². The summed E-state index contributed by atoms with van der Waals surface area (Å²) in [6, 6.07) is 0. The lowest BCUT2D eigenvalue weighted by Crippen LogP contribution is -2.30. The Bertz CT molecular complexity index is 402. The summed E-state index contributed by atoms with van der Waals surface area (Å²) >= 11 is 0. The van der Waals surface area contributed by atoms with Crippen LogP contribution in [-0.2, 0) is 19.9 Å². The molecule has 0 amide bonds. The molecule has 0 fully saturated rings. The van der Waals surface area contributed by atoms with Gasteiger partial charge in [0.25, 0.3) is 0 Å². The number of rotatable bonds is 9. The highest BCUT2D eigenvalue weighted by atomic mass is 32.2. The second kappa shape index (κ2) is 7.27. The van der Waals surface area contributed by atoms with E-state index < -0.39 is 32.6 Å². The van der Waals surface area contributed by atoms with E-state index in [1.54, 1.807) is 0 Å². The third kappa shape index (κ3) is 10.6. The summed E-state index contributed by atoms with van der Waals surface area (Å²) in [4.78, 5) is 0. The molecule has 0 aromatic heterocycles. The predicted molar refractivity (Wildman–Crippen MR) is 63.8 cm³/mol. The smallest absolute Gasteiger partial charge is 0.211 e. The first kappa shape index (κ1) is 16.8. The highest BCUT2D eigenvalue weighted by molar-refractivity contribution is 7.91. The van der Waals surface area contributed by atoms with Gasteiger partial charge in [-0.25, -0.2) is 21.6 Å². The molecular formula is C8H19NO6S2. The molecule has 0 heterocycles. The van der Waals surface area contributed by atoms with Gasteiger partial charge in [-0.15, -0.1) is 0 Å². The van der Waals surface area contributed by atoms with Crippen LogP contribution in [0.15, 0.2) is 0 Å². The average molecular weight is 289 g/mol. The van der Waals surface area contributed by atoms with Gasteiger partial charge in [0.05, 0.1) is 24.2 Å². The van der Waals surface area contributed by atoms with Crippen molar-refractivity contribution < 1.29 is 27.0 Å². The van der Waals surface area contributed by atoms with Gasteiger partial charge in [0.15, 0.2) is 0 Å². The van der Waals surface area contributed by atoms with E-state index in [1.165, 1.54) is 0 Å². The van der Waals surface area contributed by atoms with Crippen molar-refractivity contribution in [2.24, 2.45) is 0 Å². The van der Waals surface area contributed by atoms with Crippen LogP contribution in [0.2, 0.25) is 0 Å². The number of sulfone groups is 1. The maximum Gasteiger partial charge on any atom is 0.211 e. The SMILES string of the molecule is CS(=O)(=O)CCCS(=O)(=O)NCCC(O)CO. The molecule has 0 aliphatic rings. The van der Waals surface area contributed by atoms with Crippen molar-refractivity contribution >= 4 is 19.9 Å². The highest BCUT2D eigenvalue weighted by Crippen LogP contribution is 1.95. The second-order valence-corrected chi connectivity index (χ2v) is 8.01. The minimum atomic E-state index is -3.52. The molecule has 0 radical (unpaired) electrons. The van der Waals surface area contributed by atoms with E-state index in [0.717, 1.165) is 6.26 Å². The van der Waals surface area contributed by atoms with Gasteiger partial charge in [0.2, 0.25) is 10.0 Å². The molecule has 0 aromatic carbocycles. The van der Waals surface area contributed by atoms with Crippen molar-refractivity contribution in [2.45, 2.75) is 18.9 Å². The van der Waals surface area contributed by atoms with E-state index in [9.17, 15) is 16.8 Å². The molecule has 0 saturated heterocycles. The number of nitrogens with one attached hydrogen (secondary N) is 1. The lowest BCUT2D eigenvalue weighted by Gasteiger charge is -2.08. The van der Waals surface area contributed by atoms with E-state index in [4.69, 9.17) is 10.2 Å². The van der Waals surface area contributed by atoms with Crippen molar-refractivity contribution in [3.8, 4) is 0 Å². The van der Waals surface area contributed by atoms with Gasteiger partial charge in [-0.2, -0.15) is 0 Å². The topological polar surface area (TPSA) is 121 Å². The zero-order valence-corrected chi connectivity index (χ0v) is 11.3. The quantitative estimate of drug-likeness (QED) is 0.455. The number of aliphatic hydroxyl groups is 2. The summed E-state index contributed by atoms with van der Waals surface area (Å²) in [5, 5.41) is 17.5. The standard InChI is InChI=1S/C8H19NO6S2/c1-16(12,13)5-2-6-17(14,15)9-4-3-8(11)7-10/h8-11H,2-7H2,1H3. The molecule has 0 aliphatic heterocycles. The Morgan fingerprint density at radius 3 is 2.24 bits per heavy atom. The van der Waals surface area contributed by atoms with Crippen LogP contribution in [0.1, 0.15) is 12.8 Å². The van der Waals surface area contributed by atoms with Gasteiger partial charge < -0.3 is 10.2 Å². The lowest BCUT2D eigenvalue weighted by atomic mass is 10.3. The summed E-state index contributed by atoms with van der Waals surface area (Å²) in [7, 11) is -6.66. The fourth-order valence-electron chi connectivity index (χ4n) is 1.06. The number of aliphatic hydroxyl groups excluding tert-OH is 2. The van der Waals surface area contributed by atoms with E-state index in [1.807, 2.05) is 0 Å². The lowest BCUT2D eigenvalue weighted by molar-refractivity contribution is 0.0895. The van der Waals surface area contributed by atoms with Crippen molar-refractivity contribution in [2.75, 3.05) is 30.9 Å². The molecule has 9 heteroatoms. The first-order valence-corrected chi connectivity index (χ1v) is 8.81. The largest absolute Gasteiger partial charge is 0.394 e. The Kier molecular flexibility index (Phi) is 7.17. The molecule has 17 heavy (non-hydrogen) atoms. The molecule has 104 valence electrons. The summed E-state index contributed by atoms with van der Waals surface area (Å²) in [6.07, 6.45) is 0.247. The minimum Gasteiger partial charge on any atom is -0.394 e. The maximum absolute atomic E-state index is 11.3. The molecule has 0 saturated carbocycles. The highest BCUT2D eigenvalue weighted by Gasteiger charge is 2.12. The average Bonchev–Trinajstić information content (AvgIpc) is 2.14. The molecule has 0 aromatic rings. The molecule has 0 spiro atoms. The minimum absolute atomic E-state index is 0.0168. The third-order valence-electron chi connectivity index (χ3n) is 1.94. The summed E-state index contributed by atoms with van der Waals surface area (Å²) in [5.41, 5.74) is 0. The normalized spacial score (nSPS) is 14.8. The van der Waals surface area contributed by atoms with Crippen molar-refractivity contribution in [3.05, 3.63) is 0 Å². The molecule has 1 atom stereocenters. The monoisotopic (exact) mass is 289 g/mol. The Hall–Kier alpha value is -0.220. The van der Waals surface area contributed by atoms with Crippen LogP contribution in [-0.4, -0.2) is 64.1 Å². The number of sulfonamides is 1. The zero-order valence-electron chi connectivity index (χ0n) is 9.66. The molecular weight excluding hydrogens is 270 g/mol. The Labute approximate surface area is 102 Å². The van der Waals surface area contributed by atoms with Crippen molar-refractivity contribution in [1.29, 1.82) is 0 Å². The van der Waals surface area contributed by atoms with E-state index >= 15 is 0 Å². The third-order valence-corrected chi connectivity index (χ3v) is 4.44. The van der Waals surface area contributed by atoms with E-state index in [2.05, 4.69) is 4.72 Å². The predicted octanol–water partition coefficient (Wildman–Crippen LogP) is -1.92. The summed E-state index contributed by atoms with van der Waals surface area (Å²) in [6.45, 7) is -0.404. The van der Waals surface area contributed by atoms with Crippen molar-refractivity contribution in [1.82, 2.24) is 4.72 Å². The molecule has 1 unspecified atom stereocenters. The molecule has 3 N–H and O–H groups in total. The van der Waals surface area contributed by atoms with Gasteiger partial charge >= 0.3 is 0 Å². The summed E-state index contributed by atoms with van der Waals surface area (Å²) < 4.78 is 46.5.